The molecule has 0 atom stereocenters. The van der Waals surface area contributed by atoms with Crippen LogP contribution in [0.4, 0.5) is 0 Å². The lowest BCUT2D eigenvalue weighted by Gasteiger charge is -2.04. The predicted octanol–water partition coefficient (Wildman–Crippen LogP) is 10.3. The fourth-order valence-electron chi connectivity index (χ4n) is 5.03. The molecule has 2 heteroatoms. The second-order valence-corrected chi connectivity index (χ2v) is 10.8. The molecule has 200 valence electrons. The molecular weight excluding hydrogens is 402 g/mol. The standard InChI is InChI=1S/C31H65NO/c32-30-28-26-24-22-20-18-16-14-12-10-8-6-4-2-1-3-5-7-9-11-13-15-17-19-21-23-25-27-29-31-33/h33H,1-32H2. The summed E-state index contributed by atoms with van der Waals surface area (Å²) >= 11 is 0. The Labute approximate surface area is 210 Å². The van der Waals surface area contributed by atoms with Gasteiger partial charge >= 0.3 is 0 Å². The molecule has 0 aliphatic heterocycles. The minimum absolute atomic E-state index is 0.373. The molecule has 0 aromatic heterocycles. The maximum atomic E-state index is 8.77. The molecule has 2 nitrogen and oxygen atoms in total. The molecule has 33 heavy (non-hydrogen) atoms. The monoisotopic (exact) mass is 468 g/mol. The van der Waals surface area contributed by atoms with Crippen LogP contribution in [0.25, 0.3) is 0 Å². The molecule has 0 unspecified atom stereocenters. The lowest BCUT2D eigenvalue weighted by atomic mass is 10.0. The summed E-state index contributed by atoms with van der Waals surface area (Å²) in [6.45, 7) is 1.24. The van der Waals surface area contributed by atoms with Crippen molar-refractivity contribution in [3.05, 3.63) is 0 Å². The van der Waals surface area contributed by atoms with Gasteiger partial charge in [-0.25, -0.2) is 0 Å². The second kappa shape index (κ2) is 31.9. The van der Waals surface area contributed by atoms with Crippen LogP contribution in [-0.4, -0.2) is 18.3 Å². The zero-order chi connectivity index (χ0) is 23.9. The normalized spacial score (nSPS) is 11.5. The van der Waals surface area contributed by atoms with Crippen LogP contribution in [0.2, 0.25) is 0 Å². The van der Waals surface area contributed by atoms with E-state index in [-0.39, 0.29) is 0 Å². The average molecular weight is 468 g/mol. The van der Waals surface area contributed by atoms with Gasteiger partial charge in [-0.15, -0.1) is 0 Å². The van der Waals surface area contributed by atoms with Gasteiger partial charge in [-0.1, -0.05) is 173 Å². The van der Waals surface area contributed by atoms with E-state index in [1.54, 1.807) is 0 Å². The third kappa shape index (κ3) is 31.9. The molecule has 0 aliphatic carbocycles. The number of rotatable bonds is 30. The quantitative estimate of drug-likeness (QED) is 0.103. The molecule has 0 spiro atoms. The van der Waals surface area contributed by atoms with E-state index in [0.29, 0.717) is 6.61 Å². The van der Waals surface area contributed by atoms with Gasteiger partial charge in [0.15, 0.2) is 0 Å². The molecule has 0 bridgehead atoms. The van der Waals surface area contributed by atoms with Gasteiger partial charge in [0.25, 0.3) is 0 Å². The Kier molecular flexibility index (Phi) is 31.8. The van der Waals surface area contributed by atoms with Crippen molar-refractivity contribution in [1.29, 1.82) is 0 Å². The summed E-state index contributed by atoms with van der Waals surface area (Å²) in [7, 11) is 0. The molecule has 0 amide bonds. The van der Waals surface area contributed by atoms with Crippen LogP contribution >= 0.6 is 0 Å². The van der Waals surface area contributed by atoms with Crippen LogP contribution in [0.15, 0.2) is 0 Å². The number of nitrogens with two attached hydrogens (primary N) is 1. The summed E-state index contributed by atoms with van der Waals surface area (Å²) in [5.41, 5.74) is 5.53. The first-order chi connectivity index (χ1) is 16.4. The second-order valence-electron chi connectivity index (χ2n) is 10.8. The van der Waals surface area contributed by atoms with Crippen molar-refractivity contribution >= 4 is 0 Å². The van der Waals surface area contributed by atoms with E-state index in [2.05, 4.69) is 0 Å². The third-order valence-corrected chi connectivity index (χ3v) is 7.36. The Morgan fingerprint density at radius 3 is 0.545 bits per heavy atom. The molecule has 0 heterocycles. The van der Waals surface area contributed by atoms with Crippen molar-refractivity contribution in [2.24, 2.45) is 5.73 Å². The van der Waals surface area contributed by atoms with Gasteiger partial charge in [0.1, 0.15) is 0 Å². The highest BCUT2D eigenvalue weighted by Gasteiger charge is 1.96. The van der Waals surface area contributed by atoms with E-state index in [1.165, 1.54) is 180 Å². The first-order valence-electron chi connectivity index (χ1n) is 15.7. The van der Waals surface area contributed by atoms with Crippen LogP contribution in [0.1, 0.15) is 186 Å². The molecule has 0 saturated heterocycles. The molecule has 0 fully saturated rings. The third-order valence-electron chi connectivity index (χ3n) is 7.36. The van der Waals surface area contributed by atoms with E-state index in [1.807, 2.05) is 0 Å². The van der Waals surface area contributed by atoms with Crippen molar-refractivity contribution in [2.45, 2.75) is 186 Å². The first-order valence-corrected chi connectivity index (χ1v) is 15.7. The highest BCUT2D eigenvalue weighted by atomic mass is 16.2. The van der Waals surface area contributed by atoms with Crippen LogP contribution in [0.3, 0.4) is 0 Å². The molecule has 0 saturated carbocycles. The topological polar surface area (TPSA) is 46.2 Å². The number of hydrogen-bond acceptors (Lipinski definition) is 2. The van der Waals surface area contributed by atoms with Gasteiger partial charge in [-0.3, -0.25) is 0 Å². The van der Waals surface area contributed by atoms with Crippen LogP contribution < -0.4 is 5.73 Å². The van der Waals surface area contributed by atoms with Gasteiger partial charge in [0.05, 0.1) is 0 Å². The summed E-state index contributed by atoms with van der Waals surface area (Å²) in [5.74, 6) is 0. The summed E-state index contributed by atoms with van der Waals surface area (Å²) in [6.07, 6.45) is 41.0. The SMILES string of the molecule is NCCCCCCCCCCCCCCCCCCCCCCCCCCCCCCCO. The predicted molar refractivity (Wildman–Crippen MR) is 150 cm³/mol. The zero-order valence-electron chi connectivity index (χ0n) is 22.9. The maximum absolute atomic E-state index is 8.77. The number of aliphatic hydroxyl groups is 1. The molecule has 0 radical (unpaired) electrons. The summed E-state index contributed by atoms with van der Waals surface area (Å²) in [6, 6.07) is 0. The van der Waals surface area contributed by atoms with Gasteiger partial charge < -0.3 is 10.8 Å². The Bertz CT molecular complexity index is 290. The number of hydrogen-bond donors (Lipinski definition) is 2. The zero-order valence-corrected chi connectivity index (χ0v) is 22.9. The minimum atomic E-state index is 0.373. The Balaban J connectivity index is 2.99. The molecule has 0 aromatic rings. The van der Waals surface area contributed by atoms with Crippen molar-refractivity contribution < 1.29 is 5.11 Å². The van der Waals surface area contributed by atoms with E-state index in [0.717, 1.165) is 13.0 Å². The lowest BCUT2D eigenvalue weighted by molar-refractivity contribution is 0.282. The van der Waals surface area contributed by atoms with Crippen molar-refractivity contribution in [3.63, 3.8) is 0 Å². The maximum Gasteiger partial charge on any atom is 0.0431 e. The fraction of sp³-hybridized carbons (Fsp3) is 1.00. The van der Waals surface area contributed by atoms with Crippen LogP contribution in [-0.2, 0) is 0 Å². The smallest absolute Gasteiger partial charge is 0.0431 e. The summed E-state index contributed by atoms with van der Waals surface area (Å²) in [5, 5.41) is 8.77. The lowest BCUT2D eigenvalue weighted by Crippen LogP contribution is -1.97. The highest BCUT2D eigenvalue weighted by molar-refractivity contribution is 4.52. The molecule has 0 aromatic carbocycles. The van der Waals surface area contributed by atoms with E-state index in [4.69, 9.17) is 10.8 Å². The Hall–Kier alpha value is -0.0800. The van der Waals surface area contributed by atoms with Crippen molar-refractivity contribution in [1.82, 2.24) is 0 Å². The van der Waals surface area contributed by atoms with E-state index < -0.39 is 0 Å². The fourth-order valence-corrected chi connectivity index (χ4v) is 5.03. The van der Waals surface area contributed by atoms with Crippen molar-refractivity contribution in [2.75, 3.05) is 13.2 Å². The average Bonchev–Trinajstić information content (AvgIpc) is 2.83. The van der Waals surface area contributed by atoms with E-state index >= 15 is 0 Å². The summed E-state index contributed by atoms with van der Waals surface area (Å²) < 4.78 is 0. The number of aliphatic hydroxyl groups excluding tert-OH is 1. The van der Waals surface area contributed by atoms with E-state index in [9.17, 15) is 0 Å². The number of unbranched alkanes of at least 4 members (excludes halogenated alkanes) is 28. The molecule has 0 rings (SSSR count). The Morgan fingerprint density at radius 1 is 0.242 bits per heavy atom. The van der Waals surface area contributed by atoms with Gasteiger partial charge in [0.2, 0.25) is 0 Å². The van der Waals surface area contributed by atoms with Gasteiger partial charge in [-0.05, 0) is 19.4 Å². The van der Waals surface area contributed by atoms with Crippen LogP contribution in [0, 0.1) is 0 Å². The Morgan fingerprint density at radius 2 is 0.394 bits per heavy atom. The molecule has 3 N–H and O–H groups in total. The van der Waals surface area contributed by atoms with Crippen LogP contribution in [0.5, 0.6) is 0 Å². The molecule has 0 aliphatic rings. The van der Waals surface area contributed by atoms with Gasteiger partial charge in [0, 0.05) is 6.61 Å². The summed E-state index contributed by atoms with van der Waals surface area (Å²) in [4.78, 5) is 0. The minimum Gasteiger partial charge on any atom is -0.396 e. The first kappa shape index (κ1) is 32.9. The van der Waals surface area contributed by atoms with Gasteiger partial charge in [-0.2, -0.15) is 0 Å². The largest absolute Gasteiger partial charge is 0.396 e. The molecular formula is C31H65NO. The highest BCUT2D eigenvalue weighted by Crippen LogP contribution is 2.16. The van der Waals surface area contributed by atoms with Crippen molar-refractivity contribution in [3.8, 4) is 0 Å².